The number of halogens is 5. The molecule has 1 heterocycles. The third-order valence-corrected chi connectivity index (χ3v) is 6.55. The zero-order chi connectivity index (χ0) is 25.0. The lowest BCUT2D eigenvalue weighted by Gasteiger charge is -2.11. The van der Waals surface area contributed by atoms with Crippen LogP contribution in [0.1, 0.15) is 15.9 Å². The molecule has 0 fully saturated rings. The highest BCUT2D eigenvalue weighted by Gasteiger charge is 2.31. The van der Waals surface area contributed by atoms with Gasteiger partial charge in [0.05, 0.1) is 26.9 Å². The Hall–Kier alpha value is -2.94. The van der Waals surface area contributed by atoms with Crippen molar-refractivity contribution < 1.29 is 27.7 Å². The van der Waals surface area contributed by atoms with E-state index in [1.54, 1.807) is 0 Å². The highest BCUT2D eigenvalue weighted by molar-refractivity contribution is 8.01. The second-order valence-corrected chi connectivity index (χ2v) is 9.29. The van der Waals surface area contributed by atoms with Crippen molar-refractivity contribution >= 4 is 74.6 Å². The number of benzene rings is 2. The largest absolute Gasteiger partial charge is 0.416 e. The molecule has 0 radical (unpaired) electrons. The second kappa shape index (κ2) is 10.5. The van der Waals surface area contributed by atoms with E-state index in [1.165, 1.54) is 12.1 Å². The van der Waals surface area contributed by atoms with Crippen molar-refractivity contribution in [2.45, 2.75) is 10.5 Å². The van der Waals surface area contributed by atoms with Gasteiger partial charge in [-0.1, -0.05) is 46.3 Å². The van der Waals surface area contributed by atoms with Gasteiger partial charge in [-0.05, 0) is 30.3 Å². The maximum absolute atomic E-state index is 12.8. The molecular formula is C18H10Cl2F3N5O4S2. The van der Waals surface area contributed by atoms with Crippen LogP contribution >= 0.6 is 46.3 Å². The minimum absolute atomic E-state index is 0.0298. The summed E-state index contributed by atoms with van der Waals surface area (Å²) in [6.07, 6.45) is -4.59. The summed E-state index contributed by atoms with van der Waals surface area (Å²) in [4.78, 5) is 34.7. The third kappa shape index (κ3) is 6.56. The lowest BCUT2D eigenvalue weighted by atomic mass is 10.2. The summed E-state index contributed by atoms with van der Waals surface area (Å²) in [6, 6.07) is 6.08. The van der Waals surface area contributed by atoms with Crippen molar-refractivity contribution in [3.8, 4) is 0 Å². The molecular weight excluding hydrogens is 542 g/mol. The lowest BCUT2D eigenvalue weighted by Crippen LogP contribution is -2.15. The SMILES string of the molecule is O=C(CSc1nnc(NC(=O)c2ccc(Cl)c([N+](=O)[O-])c2)s1)Nc1cc(C(F)(F)F)ccc1Cl. The normalized spacial score (nSPS) is 11.2. The van der Waals surface area contributed by atoms with E-state index in [4.69, 9.17) is 23.2 Å². The minimum Gasteiger partial charge on any atom is -0.324 e. The first-order chi connectivity index (χ1) is 15.9. The number of rotatable bonds is 7. The van der Waals surface area contributed by atoms with Crippen molar-refractivity contribution in [1.29, 1.82) is 0 Å². The smallest absolute Gasteiger partial charge is 0.324 e. The number of hydrogen-bond donors (Lipinski definition) is 2. The van der Waals surface area contributed by atoms with Crippen LogP contribution < -0.4 is 10.6 Å². The molecule has 34 heavy (non-hydrogen) atoms. The number of carbonyl (C=O) groups is 2. The number of hydrogen-bond acceptors (Lipinski definition) is 8. The lowest BCUT2D eigenvalue weighted by molar-refractivity contribution is -0.384. The van der Waals surface area contributed by atoms with Gasteiger partial charge >= 0.3 is 6.18 Å². The van der Waals surface area contributed by atoms with E-state index >= 15 is 0 Å². The fourth-order valence-corrected chi connectivity index (χ4v) is 4.29. The number of nitro groups is 1. The number of carbonyl (C=O) groups excluding carboxylic acids is 2. The average Bonchev–Trinajstić information content (AvgIpc) is 3.20. The Balaban J connectivity index is 1.58. The van der Waals surface area contributed by atoms with Gasteiger partial charge in [0.15, 0.2) is 4.34 Å². The molecule has 3 rings (SSSR count). The van der Waals surface area contributed by atoms with Gasteiger partial charge in [-0.3, -0.25) is 25.0 Å². The van der Waals surface area contributed by atoms with Crippen molar-refractivity contribution in [1.82, 2.24) is 10.2 Å². The monoisotopic (exact) mass is 551 g/mol. The van der Waals surface area contributed by atoms with Gasteiger partial charge in [0.25, 0.3) is 11.6 Å². The van der Waals surface area contributed by atoms with Gasteiger partial charge in [-0.25, -0.2) is 0 Å². The van der Waals surface area contributed by atoms with E-state index in [0.717, 1.165) is 47.4 Å². The number of alkyl halides is 3. The summed E-state index contributed by atoms with van der Waals surface area (Å²) in [5.41, 5.74) is -1.62. The number of nitrogens with zero attached hydrogens (tertiary/aromatic N) is 3. The van der Waals surface area contributed by atoms with Crippen LogP contribution in [-0.4, -0.2) is 32.7 Å². The van der Waals surface area contributed by atoms with E-state index in [1.807, 2.05) is 0 Å². The molecule has 2 N–H and O–H groups in total. The Morgan fingerprint density at radius 3 is 2.47 bits per heavy atom. The highest BCUT2D eigenvalue weighted by Crippen LogP contribution is 2.34. The number of anilines is 2. The van der Waals surface area contributed by atoms with E-state index in [0.29, 0.717) is 0 Å². The molecule has 9 nitrogen and oxygen atoms in total. The highest BCUT2D eigenvalue weighted by atomic mass is 35.5. The number of aromatic nitrogens is 2. The maximum atomic E-state index is 12.8. The quantitative estimate of drug-likeness (QED) is 0.165. The minimum atomic E-state index is -4.59. The second-order valence-electron chi connectivity index (χ2n) is 6.28. The molecule has 2 aromatic carbocycles. The van der Waals surface area contributed by atoms with Crippen molar-refractivity contribution in [3.63, 3.8) is 0 Å². The van der Waals surface area contributed by atoms with Crippen molar-refractivity contribution in [3.05, 3.63) is 67.7 Å². The van der Waals surface area contributed by atoms with Crippen LogP contribution in [0.4, 0.5) is 29.7 Å². The summed E-state index contributed by atoms with van der Waals surface area (Å²) >= 11 is 13.4. The van der Waals surface area contributed by atoms with Gasteiger partial charge in [0.2, 0.25) is 11.0 Å². The van der Waals surface area contributed by atoms with Crippen LogP contribution in [0.25, 0.3) is 0 Å². The van der Waals surface area contributed by atoms with Crippen LogP contribution in [0.5, 0.6) is 0 Å². The van der Waals surface area contributed by atoms with Crippen LogP contribution in [0, 0.1) is 10.1 Å². The molecule has 0 aliphatic carbocycles. The third-order valence-electron chi connectivity index (χ3n) is 3.93. The Kier molecular flexibility index (Phi) is 7.97. The Labute approximate surface area is 206 Å². The van der Waals surface area contributed by atoms with Crippen LogP contribution in [0.3, 0.4) is 0 Å². The van der Waals surface area contributed by atoms with Gasteiger partial charge in [0, 0.05) is 11.6 Å². The zero-order valence-corrected chi connectivity index (χ0v) is 19.5. The van der Waals surface area contributed by atoms with E-state index in [9.17, 15) is 32.9 Å². The van der Waals surface area contributed by atoms with Gasteiger partial charge < -0.3 is 5.32 Å². The molecule has 0 unspecified atom stereocenters. The van der Waals surface area contributed by atoms with Gasteiger partial charge in [0.1, 0.15) is 5.02 Å². The molecule has 16 heteroatoms. The molecule has 0 bridgehead atoms. The van der Waals surface area contributed by atoms with Crippen molar-refractivity contribution in [2.24, 2.45) is 0 Å². The number of amides is 2. The van der Waals surface area contributed by atoms with Crippen LogP contribution in [-0.2, 0) is 11.0 Å². The molecule has 1 aromatic heterocycles. The first-order valence-corrected chi connectivity index (χ1v) is 11.4. The molecule has 0 atom stereocenters. The molecule has 0 aliphatic rings. The van der Waals surface area contributed by atoms with Crippen LogP contribution in [0.15, 0.2) is 40.7 Å². The van der Waals surface area contributed by atoms with E-state index in [2.05, 4.69) is 20.8 Å². The average molecular weight is 552 g/mol. The Bertz CT molecular complexity index is 1270. The molecule has 178 valence electrons. The predicted molar refractivity (Wildman–Crippen MR) is 122 cm³/mol. The van der Waals surface area contributed by atoms with Gasteiger partial charge in [-0.2, -0.15) is 13.2 Å². The molecule has 0 aliphatic heterocycles. The number of nitrogens with one attached hydrogen (secondary N) is 2. The summed E-state index contributed by atoms with van der Waals surface area (Å²) in [6.45, 7) is 0. The number of thioether (sulfide) groups is 1. The van der Waals surface area contributed by atoms with Crippen molar-refractivity contribution in [2.75, 3.05) is 16.4 Å². The Morgan fingerprint density at radius 1 is 1.09 bits per heavy atom. The Morgan fingerprint density at radius 2 is 1.79 bits per heavy atom. The van der Waals surface area contributed by atoms with E-state index in [-0.39, 0.29) is 36.5 Å². The fraction of sp³-hybridized carbons (Fsp3) is 0.111. The number of nitro benzene ring substituents is 1. The summed E-state index contributed by atoms with van der Waals surface area (Å²) in [5.74, 6) is -1.55. The summed E-state index contributed by atoms with van der Waals surface area (Å²) in [7, 11) is 0. The fourth-order valence-electron chi connectivity index (χ4n) is 2.39. The predicted octanol–water partition coefficient (Wildman–Crippen LogP) is 5.76. The maximum Gasteiger partial charge on any atom is 0.416 e. The molecule has 3 aromatic rings. The topological polar surface area (TPSA) is 127 Å². The molecule has 0 spiro atoms. The summed E-state index contributed by atoms with van der Waals surface area (Å²) in [5, 5.41) is 23.1. The first-order valence-electron chi connectivity index (χ1n) is 8.82. The zero-order valence-electron chi connectivity index (χ0n) is 16.4. The standard InChI is InChI=1S/C18H10Cl2F3N5O4S2/c19-10-4-2-9(18(21,22)23)6-12(10)24-14(29)7-33-17-27-26-16(34-17)25-15(30)8-1-3-11(20)13(5-8)28(31)32/h1-6H,7H2,(H,24,29)(H,25,26,30). The summed E-state index contributed by atoms with van der Waals surface area (Å²) < 4.78 is 38.8. The molecule has 0 saturated carbocycles. The van der Waals surface area contributed by atoms with E-state index < -0.39 is 34.2 Å². The first kappa shape index (κ1) is 25.7. The molecule has 0 saturated heterocycles. The van der Waals surface area contributed by atoms with Gasteiger partial charge in [-0.15, -0.1) is 10.2 Å². The molecule has 2 amide bonds. The van der Waals surface area contributed by atoms with Crippen LogP contribution in [0.2, 0.25) is 10.0 Å².